The third-order valence-corrected chi connectivity index (χ3v) is 2.13. The average Bonchev–Trinajstić information content (AvgIpc) is 2.68. The molecule has 1 heterocycles. The number of nitrogens with two attached hydrogens (primary N) is 1. The van der Waals surface area contributed by atoms with Crippen molar-refractivity contribution in [1.29, 1.82) is 0 Å². The molecular formula is C10H7N3O5. The van der Waals surface area contributed by atoms with Crippen LogP contribution in [0.2, 0.25) is 0 Å². The van der Waals surface area contributed by atoms with Gasteiger partial charge in [0.15, 0.2) is 5.69 Å². The maximum Gasteiger partial charge on any atom is 0.443 e. The normalized spacial score (nSPS) is 10.2. The van der Waals surface area contributed by atoms with E-state index in [1.54, 1.807) is 18.2 Å². The lowest BCUT2D eigenvalue weighted by atomic mass is 10.2. The van der Waals surface area contributed by atoms with Gasteiger partial charge in [-0.1, -0.05) is 23.0 Å². The van der Waals surface area contributed by atoms with E-state index in [0.29, 0.717) is 10.2 Å². The van der Waals surface area contributed by atoms with Crippen LogP contribution in [-0.2, 0) is 9.59 Å². The van der Waals surface area contributed by atoms with Crippen LogP contribution in [0.5, 0.6) is 0 Å². The van der Waals surface area contributed by atoms with Crippen molar-refractivity contribution in [2.45, 2.75) is 0 Å². The van der Waals surface area contributed by atoms with Gasteiger partial charge in [-0.15, -0.1) is 5.10 Å². The van der Waals surface area contributed by atoms with Gasteiger partial charge in [0.2, 0.25) is 0 Å². The summed E-state index contributed by atoms with van der Waals surface area (Å²) in [7, 11) is 0. The Labute approximate surface area is 99.5 Å². The highest BCUT2D eigenvalue weighted by atomic mass is 16.7. The zero-order chi connectivity index (χ0) is 13.3. The van der Waals surface area contributed by atoms with Gasteiger partial charge in [-0.05, 0) is 6.07 Å². The summed E-state index contributed by atoms with van der Waals surface area (Å²) in [5.74, 6) is -4.09. The number of rotatable bonds is 2. The van der Waals surface area contributed by atoms with Crippen LogP contribution < -0.4 is 10.6 Å². The molecule has 1 aromatic carbocycles. The lowest BCUT2D eigenvalue weighted by Gasteiger charge is -1.99. The molecule has 0 radical (unpaired) electrons. The first-order chi connectivity index (χ1) is 8.50. The fraction of sp³-hybridized carbons (Fsp3) is 0. The minimum Gasteiger partial charge on any atom is -0.473 e. The summed E-state index contributed by atoms with van der Waals surface area (Å²) in [5, 5.41) is 12.4. The molecule has 18 heavy (non-hydrogen) atoms. The molecular weight excluding hydrogens is 242 g/mol. The Kier molecular flexibility index (Phi) is 2.68. The third kappa shape index (κ3) is 1.86. The van der Waals surface area contributed by atoms with E-state index in [1.165, 1.54) is 6.07 Å². The van der Waals surface area contributed by atoms with E-state index >= 15 is 0 Å². The van der Waals surface area contributed by atoms with Gasteiger partial charge in [-0.3, -0.25) is 4.79 Å². The molecule has 0 saturated heterocycles. The number of carbonyl (C=O) groups is 3. The summed E-state index contributed by atoms with van der Waals surface area (Å²) >= 11 is 0. The maximum absolute atomic E-state index is 11.1. The largest absolute Gasteiger partial charge is 0.473 e. The predicted molar refractivity (Wildman–Crippen MR) is 57.5 cm³/mol. The SMILES string of the molecule is NC(=O)c1nn(OC(=O)C(=O)O)c2ccccc12. The van der Waals surface area contributed by atoms with Crippen molar-refractivity contribution in [3.8, 4) is 0 Å². The van der Waals surface area contributed by atoms with E-state index in [2.05, 4.69) is 9.94 Å². The lowest BCUT2D eigenvalue weighted by Crippen LogP contribution is -2.28. The Balaban J connectivity index is 2.55. The molecule has 0 spiro atoms. The van der Waals surface area contributed by atoms with Crippen molar-refractivity contribution in [2.75, 3.05) is 0 Å². The highest BCUT2D eigenvalue weighted by molar-refractivity contribution is 6.28. The first kappa shape index (κ1) is 11.6. The van der Waals surface area contributed by atoms with E-state index in [9.17, 15) is 14.4 Å². The number of fused-ring (bicyclic) bond motifs is 1. The Morgan fingerprint density at radius 1 is 1.28 bits per heavy atom. The van der Waals surface area contributed by atoms with Gasteiger partial charge in [-0.25, -0.2) is 9.59 Å². The second kappa shape index (κ2) is 4.17. The van der Waals surface area contributed by atoms with Crippen LogP contribution in [0.15, 0.2) is 24.3 Å². The quantitative estimate of drug-likeness (QED) is 0.669. The van der Waals surface area contributed by atoms with Crippen LogP contribution in [0, 0.1) is 0 Å². The third-order valence-electron chi connectivity index (χ3n) is 2.13. The zero-order valence-electron chi connectivity index (χ0n) is 8.86. The molecule has 2 aromatic rings. The van der Waals surface area contributed by atoms with Crippen molar-refractivity contribution in [1.82, 2.24) is 9.94 Å². The number of carbonyl (C=O) groups excluding carboxylic acids is 2. The van der Waals surface area contributed by atoms with E-state index < -0.39 is 17.8 Å². The lowest BCUT2D eigenvalue weighted by molar-refractivity contribution is -0.164. The van der Waals surface area contributed by atoms with Crippen LogP contribution in [0.3, 0.4) is 0 Å². The number of aliphatic carboxylic acids is 1. The van der Waals surface area contributed by atoms with Gasteiger partial charge < -0.3 is 15.7 Å². The molecule has 8 nitrogen and oxygen atoms in total. The summed E-state index contributed by atoms with van der Waals surface area (Å²) in [6.07, 6.45) is 0. The van der Waals surface area contributed by atoms with Crippen LogP contribution >= 0.6 is 0 Å². The van der Waals surface area contributed by atoms with Gasteiger partial charge in [0.25, 0.3) is 5.91 Å². The molecule has 1 amide bonds. The minimum absolute atomic E-state index is 0.108. The predicted octanol–water partition coefficient (Wildman–Crippen LogP) is -0.825. The Bertz CT molecular complexity index is 661. The smallest absolute Gasteiger partial charge is 0.443 e. The maximum atomic E-state index is 11.1. The first-order valence-electron chi connectivity index (χ1n) is 4.74. The van der Waals surface area contributed by atoms with Crippen molar-refractivity contribution >= 4 is 28.7 Å². The fourth-order valence-electron chi connectivity index (χ4n) is 1.41. The molecule has 0 aliphatic carbocycles. The van der Waals surface area contributed by atoms with Crippen molar-refractivity contribution < 1.29 is 24.3 Å². The fourth-order valence-corrected chi connectivity index (χ4v) is 1.41. The number of carboxylic acids is 1. The van der Waals surface area contributed by atoms with Gasteiger partial charge in [0.05, 0.1) is 0 Å². The van der Waals surface area contributed by atoms with Crippen LogP contribution in [0.4, 0.5) is 0 Å². The monoisotopic (exact) mass is 249 g/mol. The van der Waals surface area contributed by atoms with Crippen molar-refractivity contribution in [3.63, 3.8) is 0 Å². The number of aromatic nitrogens is 2. The van der Waals surface area contributed by atoms with Crippen LogP contribution in [0.25, 0.3) is 10.9 Å². The van der Waals surface area contributed by atoms with Crippen LogP contribution in [0.1, 0.15) is 10.5 Å². The Morgan fingerprint density at radius 3 is 2.56 bits per heavy atom. The van der Waals surface area contributed by atoms with E-state index in [0.717, 1.165) is 0 Å². The number of amides is 1. The molecule has 3 N–H and O–H groups in total. The van der Waals surface area contributed by atoms with Gasteiger partial charge in [0.1, 0.15) is 5.52 Å². The number of hydrogen-bond acceptors (Lipinski definition) is 5. The zero-order valence-corrected chi connectivity index (χ0v) is 8.86. The second-order valence-corrected chi connectivity index (χ2v) is 3.29. The number of carboxylic acid groups (broad SMARTS) is 1. The topological polar surface area (TPSA) is 125 Å². The summed E-state index contributed by atoms with van der Waals surface area (Å²) in [5.41, 5.74) is 5.27. The van der Waals surface area contributed by atoms with Crippen molar-refractivity contribution in [3.05, 3.63) is 30.0 Å². The number of benzene rings is 1. The summed E-state index contributed by atoms with van der Waals surface area (Å²) in [6.45, 7) is 0. The molecule has 92 valence electrons. The van der Waals surface area contributed by atoms with Gasteiger partial charge in [0, 0.05) is 5.39 Å². The molecule has 0 fully saturated rings. The van der Waals surface area contributed by atoms with Crippen LogP contribution in [-0.4, -0.2) is 32.9 Å². The van der Waals surface area contributed by atoms with E-state index in [-0.39, 0.29) is 11.2 Å². The first-order valence-corrected chi connectivity index (χ1v) is 4.74. The molecule has 2 rings (SSSR count). The highest BCUT2D eigenvalue weighted by Crippen LogP contribution is 2.16. The molecule has 1 aromatic heterocycles. The number of primary amides is 1. The summed E-state index contributed by atoms with van der Waals surface area (Å²) < 4.78 is 0. The van der Waals surface area contributed by atoms with Gasteiger partial charge >= 0.3 is 11.9 Å². The molecule has 0 unspecified atom stereocenters. The van der Waals surface area contributed by atoms with E-state index in [4.69, 9.17) is 10.8 Å². The average molecular weight is 249 g/mol. The summed E-state index contributed by atoms with van der Waals surface area (Å²) in [6, 6.07) is 6.30. The number of hydrogen-bond donors (Lipinski definition) is 2. The molecule has 0 saturated carbocycles. The Hall–Kier alpha value is -2.90. The van der Waals surface area contributed by atoms with Crippen molar-refractivity contribution in [2.24, 2.45) is 5.73 Å². The van der Waals surface area contributed by atoms with Gasteiger partial charge in [-0.2, -0.15) is 0 Å². The molecule has 0 aliphatic rings. The molecule has 0 aliphatic heterocycles. The Morgan fingerprint density at radius 2 is 1.94 bits per heavy atom. The second-order valence-electron chi connectivity index (χ2n) is 3.29. The van der Waals surface area contributed by atoms with E-state index in [1.807, 2.05) is 0 Å². The standard InChI is InChI=1S/C10H7N3O5/c11-8(14)7-5-3-1-2-4-6(5)13(12-7)18-10(17)9(15)16/h1-4H,(H2,11,14)(H,15,16). The summed E-state index contributed by atoms with van der Waals surface area (Å²) in [4.78, 5) is 37.6. The molecule has 8 heteroatoms. The number of para-hydroxylation sites is 1. The molecule has 0 bridgehead atoms. The molecule has 0 atom stereocenters. The highest BCUT2D eigenvalue weighted by Gasteiger charge is 2.20. The number of nitrogens with zero attached hydrogens (tertiary/aromatic N) is 2. The minimum atomic E-state index is -1.77.